The molecule has 1 spiro atoms. The highest BCUT2D eigenvalue weighted by atomic mass is 79.9. The molecule has 8 nitrogen and oxygen atoms in total. The zero-order chi connectivity index (χ0) is 30.3. The van der Waals surface area contributed by atoms with Crippen molar-refractivity contribution in [1.82, 2.24) is 9.80 Å². The zero-order valence-electron chi connectivity index (χ0n) is 24.8. The van der Waals surface area contributed by atoms with E-state index in [0.717, 1.165) is 0 Å². The summed E-state index contributed by atoms with van der Waals surface area (Å²) in [6.07, 6.45) is 3.68. The van der Waals surface area contributed by atoms with Crippen LogP contribution in [0.4, 0.5) is 5.69 Å². The van der Waals surface area contributed by atoms with Gasteiger partial charge in [0.2, 0.25) is 17.7 Å². The lowest BCUT2D eigenvalue weighted by Gasteiger charge is -2.43. The summed E-state index contributed by atoms with van der Waals surface area (Å²) in [6.45, 7) is 17.9. The topological polar surface area (TPSA) is 90.4 Å². The van der Waals surface area contributed by atoms with Gasteiger partial charge in [-0.3, -0.25) is 14.4 Å². The molecule has 2 bridgehead atoms. The minimum Gasteiger partial charge on any atom is -0.394 e. The summed E-state index contributed by atoms with van der Waals surface area (Å²) in [7, 11) is 0. The molecule has 1 N–H and O–H groups in total. The monoisotopic (exact) mass is 629 g/mol. The molecule has 3 aliphatic rings. The van der Waals surface area contributed by atoms with Crippen LogP contribution in [-0.2, 0) is 19.1 Å². The van der Waals surface area contributed by atoms with Crippen LogP contribution in [0.25, 0.3) is 0 Å². The van der Waals surface area contributed by atoms with Crippen LogP contribution >= 0.6 is 15.9 Å². The number of aliphatic hydroxyl groups is 1. The largest absolute Gasteiger partial charge is 0.394 e. The van der Waals surface area contributed by atoms with Crippen LogP contribution in [0.15, 0.2) is 55.6 Å². The number of carbonyl (C=O) groups is 3. The van der Waals surface area contributed by atoms with E-state index in [1.807, 2.05) is 65.0 Å². The van der Waals surface area contributed by atoms with Gasteiger partial charge in [0.15, 0.2) is 0 Å². The summed E-state index contributed by atoms with van der Waals surface area (Å²) >= 11 is 3.76. The average molecular weight is 631 g/mol. The van der Waals surface area contributed by atoms with Gasteiger partial charge in [0.25, 0.3) is 0 Å². The van der Waals surface area contributed by atoms with E-state index in [4.69, 9.17) is 4.74 Å². The molecule has 1 aromatic carbocycles. The number of likely N-dealkylation sites (tertiary alicyclic amines) is 1. The molecule has 3 unspecified atom stereocenters. The lowest BCUT2D eigenvalue weighted by molar-refractivity contribution is -0.154. The first-order chi connectivity index (χ1) is 19.3. The molecular formula is C32H44BrN3O5. The molecule has 3 amide bonds. The molecule has 3 saturated heterocycles. The Kier molecular flexibility index (Phi) is 9.21. The molecule has 1 aromatic rings. The summed E-state index contributed by atoms with van der Waals surface area (Å²) in [5.41, 5.74) is -1.07. The molecule has 9 heteroatoms. The lowest BCUT2D eigenvalue weighted by atomic mass is 9.70. The first-order valence-electron chi connectivity index (χ1n) is 14.5. The van der Waals surface area contributed by atoms with Crippen molar-refractivity contribution in [2.75, 3.05) is 24.6 Å². The Morgan fingerprint density at radius 1 is 1.17 bits per heavy atom. The summed E-state index contributed by atoms with van der Waals surface area (Å²) in [5, 5.41) is 10.5. The number of rotatable bonds is 11. The van der Waals surface area contributed by atoms with Crippen molar-refractivity contribution >= 4 is 39.3 Å². The third-order valence-corrected chi connectivity index (χ3v) is 9.47. The number of benzene rings is 1. The number of carbonyl (C=O) groups excluding carboxylic acids is 3. The van der Waals surface area contributed by atoms with E-state index in [2.05, 4.69) is 29.1 Å². The van der Waals surface area contributed by atoms with Crippen LogP contribution < -0.4 is 4.90 Å². The van der Waals surface area contributed by atoms with Crippen molar-refractivity contribution in [1.29, 1.82) is 0 Å². The van der Waals surface area contributed by atoms with Crippen molar-refractivity contribution < 1.29 is 24.2 Å². The van der Waals surface area contributed by atoms with E-state index < -0.39 is 41.2 Å². The molecule has 4 rings (SSSR count). The third-order valence-electron chi connectivity index (χ3n) is 8.63. The maximum atomic E-state index is 14.6. The summed E-state index contributed by atoms with van der Waals surface area (Å²) in [6, 6.07) is 7.74. The number of para-hydroxylation sites is 1. The molecule has 0 saturated carbocycles. The van der Waals surface area contributed by atoms with Gasteiger partial charge in [-0.05, 0) is 51.7 Å². The molecule has 0 radical (unpaired) electrons. The number of fused-ring (bicyclic) bond motifs is 1. The maximum absolute atomic E-state index is 14.6. The number of hydrogen-bond acceptors (Lipinski definition) is 5. The predicted molar refractivity (Wildman–Crippen MR) is 164 cm³/mol. The van der Waals surface area contributed by atoms with Gasteiger partial charge < -0.3 is 24.5 Å². The molecule has 224 valence electrons. The minimum absolute atomic E-state index is 0.167. The van der Waals surface area contributed by atoms with Crippen molar-refractivity contribution in [3.8, 4) is 0 Å². The molecular weight excluding hydrogens is 586 g/mol. The lowest BCUT2D eigenvalue weighted by Crippen LogP contribution is -2.62. The van der Waals surface area contributed by atoms with E-state index in [-0.39, 0.29) is 41.6 Å². The van der Waals surface area contributed by atoms with E-state index in [9.17, 15) is 19.5 Å². The van der Waals surface area contributed by atoms with E-state index in [0.29, 0.717) is 25.1 Å². The molecule has 41 heavy (non-hydrogen) atoms. The number of nitrogens with zero attached hydrogens (tertiary/aromatic N) is 3. The second-order valence-corrected chi connectivity index (χ2v) is 14.0. The third kappa shape index (κ3) is 5.41. The van der Waals surface area contributed by atoms with Crippen LogP contribution in [0.2, 0.25) is 0 Å². The normalized spacial score (nSPS) is 29.4. The maximum Gasteiger partial charge on any atom is 0.249 e. The average Bonchev–Trinajstić information content (AvgIpc) is 3.51. The smallest absolute Gasteiger partial charge is 0.249 e. The Morgan fingerprint density at radius 2 is 1.80 bits per heavy atom. The van der Waals surface area contributed by atoms with E-state index in [1.165, 1.54) is 0 Å². The number of hydrogen-bond donors (Lipinski definition) is 1. The number of ether oxygens (including phenoxy) is 1. The Balaban J connectivity index is 1.86. The Bertz CT molecular complexity index is 1170. The summed E-state index contributed by atoms with van der Waals surface area (Å²) in [4.78, 5) is 48.3. The van der Waals surface area contributed by atoms with Gasteiger partial charge in [-0.25, -0.2) is 0 Å². The molecule has 3 fully saturated rings. The number of alkyl halides is 1. The molecule has 3 heterocycles. The summed E-state index contributed by atoms with van der Waals surface area (Å²) < 4.78 is 6.73. The molecule has 0 aliphatic carbocycles. The van der Waals surface area contributed by atoms with Gasteiger partial charge in [0.05, 0.1) is 30.6 Å². The van der Waals surface area contributed by atoms with Gasteiger partial charge in [-0.1, -0.05) is 60.1 Å². The van der Waals surface area contributed by atoms with Crippen LogP contribution in [0, 0.1) is 17.8 Å². The van der Waals surface area contributed by atoms with Gasteiger partial charge >= 0.3 is 0 Å². The fourth-order valence-electron chi connectivity index (χ4n) is 7.05. The van der Waals surface area contributed by atoms with Crippen LogP contribution in [0.3, 0.4) is 0 Å². The highest BCUT2D eigenvalue weighted by Crippen LogP contribution is 2.61. The van der Waals surface area contributed by atoms with Gasteiger partial charge in [-0.15, -0.1) is 13.2 Å². The standard InChI is InChI=1S/C32H44BrN3O5/c1-8-15-34(21-13-11-10-12-14-21)28(38)24-25-29(39)36(22(19-37)17-20(3)4)27(32(25)18-23(33)26(24)41-32)30(40)35(16-9-2)31(5,6)7/h8-14,20,22-27,37H,1-2,15-19H2,3-7H3/t22-,23?,24+,25+,26+,27?,32?/m1/s1. The highest BCUT2D eigenvalue weighted by molar-refractivity contribution is 9.09. The Hall–Kier alpha value is -2.49. The van der Waals surface area contributed by atoms with E-state index >= 15 is 0 Å². The van der Waals surface area contributed by atoms with Crippen molar-refractivity contribution in [3.63, 3.8) is 0 Å². The van der Waals surface area contributed by atoms with Crippen LogP contribution in [0.1, 0.15) is 47.5 Å². The van der Waals surface area contributed by atoms with Crippen molar-refractivity contribution in [2.45, 2.75) is 81.6 Å². The summed E-state index contributed by atoms with van der Waals surface area (Å²) in [5.74, 6) is -2.29. The van der Waals surface area contributed by atoms with Crippen molar-refractivity contribution in [3.05, 3.63) is 55.6 Å². The first kappa shape index (κ1) is 31.4. The predicted octanol–water partition coefficient (Wildman–Crippen LogP) is 4.17. The first-order valence-corrected chi connectivity index (χ1v) is 15.4. The molecule has 7 atom stereocenters. The fourth-order valence-corrected chi connectivity index (χ4v) is 8.00. The molecule has 3 aliphatic heterocycles. The number of anilines is 1. The zero-order valence-corrected chi connectivity index (χ0v) is 26.4. The fraction of sp³-hybridized carbons (Fsp3) is 0.594. The number of aliphatic hydroxyl groups excluding tert-OH is 1. The highest BCUT2D eigenvalue weighted by Gasteiger charge is 2.77. The van der Waals surface area contributed by atoms with Crippen molar-refractivity contribution in [2.24, 2.45) is 17.8 Å². The Morgan fingerprint density at radius 3 is 2.34 bits per heavy atom. The number of halogens is 1. The van der Waals surface area contributed by atoms with Crippen LogP contribution in [0.5, 0.6) is 0 Å². The number of amides is 3. The second kappa shape index (κ2) is 12.0. The van der Waals surface area contributed by atoms with Crippen LogP contribution in [-0.4, -0.2) is 86.5 Å². The van der Waals surface area contributed by atoms with Gasteiger partial charge in [0, 0.05) is 29.1 Å². The minimum atomic E-state index is -1.21. The van der Waals surface area contributed by atoms with Gasteiger partial charge in [-0.2, -0.15) is 0 Å². The Labute approximate surface area is 252 Å². The quantitative estimate of drug-likeness (QED) is 0.293. The second-order valence-electron chi connectivity index (χ2n) is 12.9. The van der Waals surface area contributed by atoms with Gasteiger partial charge in [0.1, 0.15) is 11.6 Å². The molecule has 0 aromatic heterocycles. The SMILES string of the molecule is C=CCN(C(=O)[C@H]1[C@H]2C(=O)N([C@@H](CO)CC(C)C)C(C(=O)N(CC=C)C(C)(C)C)C23CC(Br)[C@@H]1O3)c1ccccc1. The van der Waals surface area contributed by atoms with E-state index in [1.54, 1.807) is 26.9 Å².